The van der Waals surface area contributed by atoms with E-state index in [-0.39, 0.29) is 23.5 Å². The van der Waals surface area contributed by atoms with Gasteiger partial charge in [-0.2, -0.15) is 16.9 Å². The van der Waals surface area contributed by atoms with Gasteiger partial charge in [-0.3, -0.25) is 14.3 Å². The zero-order valence-electron chi connectivity index (χ0n) is 30.3. The molecule has 1 aliphatic rings. The summed E-state index contributed by atoms with van der Waals surface area (Å²) in [6, 6.07) is 13.1. The van der Waals surface area contributed by atoms with Crippen LogP contribution in [0.25, 0.3) is 10.9 Å². The minimum atomic E-state index is -0.202. The molecule has 2 amide bonds. The lowest BCUT2D eigenvalue weighted by Gasteiger charge is -2.34. The number of carbonyl (C=O) groups excluding carboxylic acids is 2. The van der Waals surface area contributed by atoms with E-state index in [4.69, 9.17) is 4.74 Å². The normalized spacial score (nSPS) is 13.7. The summed E-state index contributed by atoms with van der Waals surface area (Å²) in [7, 11) is 3.46. The summed E-state index contributed by atoms with van der Waals surface area (Å²) >= 11 is 1.75. The fraction of sp³-hybridized carbons (Fsp3) is 0.462. The number of methoxy groups -OCH3 is 1. The van der Waals surface area contributed by atoms with Crippen LogP contribution in [0.5, 0.6) is 0 Å². The first kappa shape index (κ1) is 41.1. The fourth-order valence-corrected chi connectivity index (χ4v) is 6.20. The highest BCUT2D eigenvalue weighted by molar-refractivity contribution is 7.97. The van der Waals surface area contributed by atoms with Crippen molar-refractivity contribution in [3.8, 4) is 12.8 Å². The number of benzene rings is 2. The minimum absolute atomic E-state index is 0.172. The van der Waals surface area contributed by atoms with Crippen LogP contribution in [0.1, 0.15) is 79.0 Å². The van der Waals surface area contributed by atoms with E-state index in [1.807, 2.05) is 61.6 Å². The van der Waals surface area contributed by atoms with Gasteiger partial charge in [-0.05, 0) is 80.9 Å². The van der Waals surface area contributed by atoms with Gasteiger partial charge < -0.3 is 19.5 Å². The Balaban J connectivity index is 0.00000111. The molecule has 0 aliphatic carbocycles. The molecule has 0 bridgehead atoms. The second-order valence-electron chi connectivity index (χ2n) is 11.6. The number of ether oxygens (including phenoxy) is 1. The molecular formula is C39H54FN5O3S. The van der Waals surface area contributed by atoms with E-state index in [1.165, 1.54) is 12.3 Å². The van der Waals surface area contributed by atoms with Crippen LogP contribution in [0.4, 0.5) is 10.1 Å². The molecule has 1 fully saturated rings. The van der Waals surface area contributed by atoms with E-state index in [0.717, 1.165) is 66.5 Å². The highest BCUT2D eigenvalue weighted by atomic mass is 32.2. The predicted octanol–water partition coefficient (Wildman–Crippen LogP) is 8.09. The van der Waals surface area contributed by atoms with E-state index < -0.39 is 0 Å². The number of likely N-dealkylation sites (tertiary alicyclic amines) is 1. The number of nitrogens with zero attached hydrogens (tertiary/aromatic N) is 4. The summed E-state index contributed by atoms with van der Waals surface area (Å²) in [6.07, 6.45) is 20.0. The van der Waals surface area contributed by atoms with Gasteiger partial charge in [0.05, 0.1) is 17.3 Å². The molecule has 1 aliphatic heterocycles. The van der Waals surface area contributed by atoms with Gasteiger partial charge in [-0.15, -0.1) is 12.8 Å². The number of nitrogens with one attached hydrogen (secondary N) is 1. The summed E-state index contributed by atoms with van der Waals surface area (Å²) in [5, 5.41) is 7.87. The van der Waals surface area contributed by atoms with Crippen molar-refractivity contribution >= 4 is 40.2 Å². The lowest BCUT2D eigenvalue weighted by molar-refractivity contribution is -0.132. The van der Waals surface area contributed by atoms with Crippen LogP contribution in [-0.4, -0.2) is 70.4 Å². The van der Waals surface area contributed by atoms with Crippen LogP contribution in [0, 0.1) is 25.6 Å². The number of hydrogen-bond acceptors (Lipinski definition) is 5. The lowest BCUT2D eigenvalue weighted by atomic mass is 9.91. The van der Waals surface area contributed by atoms with Crippen molar-refractivity contribution in [2.75, 3.05) is 44.6 Å². The number of thioether (sulfide) groups is 1. The second-order valence-corrected chi connectivity index (χ2v) is 12.5. The molecule has 10 heteroatoms. The SMILES string of the molecule is C#C.CC.COCCCn1c(C2CCCN(C(=O)CCCc3ccc(NC(=O)c4cnn(C)c4)cc3)C2)c(C)c2cccc(F)c21.CSC. The third kappa shape index (κ3) is 11.5. The monoisotopic (exact) mass is 691 g/mol. The summed E-state index contributed by atoms with van der Waals surface area (Å²) in [5.74, 6) is -0.0544. The highest BCUT2D eigenvalue weighted by Crippen LogP contribution is 2.37. The molecule has 49 heavy (non-hydrogen) atoms. The lowest BCUT2D eigenvalue weighted by Crippen LogP contribution is -2.39. The van der Waals surface area contributed by atoms with Crippen molar-refractivity contribution in [3.05, 3.63) is 83.1 Å². The molecular weight excluding hydrogens is 638 g/mol. The third-order valence-corrected chi connectivity index (χ3v) is 8.26. The minimum Gasteiger partial charge on any atom is -0.385 e. The number of amides is 2. The Morgan fingerprint density at radius 3 is 2.43 bits per heavy atom. The molecule has 8 nitrogen and oxygen atoms in total. The molecule has 1 saturated heterocycles. The van der Waals surface area contributed by atoms with E-state index in [2.05, 4.69) is 34.8 Å². The number of carbonyl (C=O) groups is 2. The summed E-state index contributed by atoms with van der Waals surface area (Å²) in [6.45, 7) is 8.81. The third-order valence-electron chi connectivity index (χ3n) is 8.26. The van der Waals surface area contributed by atoms with Crippen LogP contribution in [0.3, 0.4) is 0 Å². The van der Waals surface area contributed by atoms with Crippen LogP contribution >= 0.6 is 11.8 Å². The van der Waals surface area contributed by atoms with Gasteiger partial charge in [0.15, 0.2) is 0 Å². The van der Waals surface area contributed by atoms with Crippen molar-refractivity contribution in [2.45, 2.75) is 71.8 Å². The Kier molecular flexibility index (Phi) is 18.3. The predicted molar refractivity (Wildman–Crippen MR) is 203 cm³/mol. The van der Waals surface area contributed by atoms with Crippen molar-refractivity contribution in [1.82, 2.24) is 19.2 Å². The largest absolute Gasteiger partial charge is 0.385 e. The smallest absolute Gasteiger partial charge is 0.258 e. The molecule has 1 unspecified atom stereocenters. The molecule has 266 valence electrons. The number of rotatable bonds is 11. The van der Waals surface area contributed by atoms with E-state index in [1.54, 1.807) is 42.9 Å². The first-order valence-corrected chi connectivity index (χ1v) is 18.6. The average molecular weight is 692 g/mol. The van der Waals surface area contributed by atoms with Crippen LogP contribution < -0.4 is 5.32 Å². The number of terminal acetylenes is 1. The molecule has 0 radical (unpaired) electrons. The summed E-state index contributed by atoms with van der Waals surface area (Å²) < 4.78 is 24.0. The number of anilines is 1. The molecule has 2 aromatic heterocycles. The van der Waals surface area contributed by atoms with Crippen molar-refractivity contribution in [1.29, 1.82) is 0 Å². The van der Waals surface area contributed by atoms with Gasteiger partial charge >= 0.3 is 0 Å². The molecule has 1 N–H and O–H groups in total. The first-order valence-electron chi connectivity index (χ1n) is 16.9. The zero-order valence-corrected chi connectivity index (χ0v) is 31.1. The van der Waals surface area contributed by atoms with Crippen molar-refractivity contribution in [2.24, 2.45) is 7.05 Å². The quantitative estimate of drug-likeness (QED) is 0.127. The Labute approximate surface area is 296 Å². The van der Waals surface area contributed by atoms with Gasteiger partial charge in [0.2, 0.25) is 5.91 Å². The van der Waals surface area contributed by atoms with E-state index >= 15 is 4.39 Å². The number of aryl methyl sites for hydroxylation is 4. The summed E-state index contributed by atoms with van der Waals surface area (Å²) in [5.41, 5.74) is 5.28. The maximum atomic E-state index is 15.0. The summed E-state index contributed by atoms with van der Waals surface area (Å²) in [4.78, 5) is 27.6. The van der Waals surface area contributed by atoms with Gasteiger partial charge in [0.25, 0.3) is 5.91 Å². The number of aromatic nitrogens is 3. The Morgan fingerprint density at radius 1 is 1.10 bits per heavy atom. The van der Waals surface area contributed by atoms with Crippen molar-refractivity contribution in [3.63, 3.8) is 0 Å². The zero-order chi connectivity index (χ0) is 36.3. The number of fused-ring (bicyclic) bond motifs is 1. The van der Waals surface area contributed by atoms with E-state index in [0.29, 0.717) is 37.2 Å². The maximum Gasteiger partial charge on any atom is 0.258 e. The van der Waals surface area contributed by atoms with Crippen molar-refractivity contribution < 1.29 is 18.7 Å². The van der Waals surface area contributed by atoms with Crippen LogP contribution in [0.15, 0.2) is 54.9 Å². The maximum absolute atomic E-state index is 15.0. The van der Waals surface area contributed by atoms with Gasteiger partial charge in [0.1, 0.15) is 5.82 Å². The fourth-order valence-electron chi connectivity index (χ4n) is 6.20. The molecule has 5 rings (SSSR count). The molecule has 1 atom stereocenters. The number of para-hydroxylation sites is 1. The number of halogens is 1. The average Bonchev–Trinajstić information content (AvgIpc) is 3.69. The topological polar surface area (TPSA) is 81.4 Å². The second kappa shape index (κ2) is 21.8. The Bertz CT molecular complexity index is 1610. The Hall–Kier alpha value is -4.07. The number of hydrogen-bond donors (Lipinski definition) is 1. The first-order chi connectivity index (χ1) is 23.8. The highest BCUT2D eigenvalue weighted by Gasteiger charge is 2.29. The van der Waals surface area contributed by atoms with E-state index in [9.17, 15) is 9.59 Å². The molecule has 0 saturated carbocycles. The Morgan fingerprint density at radius 2 is 1.80 bits per heavy atom. The van der Waals surface area contributed by atoms with Crippen LogP contribution in [-0.2, 0) is 29.5 Å². The van der Waals surface area contributed by atoms with Gasteiger partial charge in [-0.25, -0.2) is 4.39 Å². The van der Waals surface area contributed by atoms with Gasteiger partial charge in [0, 0.05) is 75.7 Å². The van der Waals surface area contributed by atoms with Crippen LogP contribution in [0.2, 0.25) is 0 Å². The molecule has 3 heterocycles. The van der Waals surface area contributed by atoms with Gasteiger partial charge in [-0.1, -0.05) is 38.1 Å². The molecule has 4 aromatic rings. The standard InChI is InChI=1S/C33H40FN5O3.C2H6S.C2H6.C2H2/c1-23-28-10-5-11-29(34)32(28)39(18-7-19-42-3)31(23)25-9-6-17-38(22-25)30(40)12-4-8-24-13-15-27(16-14-24)36-33(41)26-20-35-37(2)21-26;1-3-2;2*1-2/h5,10-11,13-16,20-21,25H,4,6-9,12,17-19,22H2,1-3H3,(H,36,41);1-2H3;1-2H3;1-2H. The molecule has 0 spiro atoms. The molecule has 2 aromatic carbocycles. The number of piperidine rings is 1.